The molecule has 0 radical (unpaired) electrons. The topological polar surface area (TPSA) is 64.3 Å². The maximum atomic E-state index is 11.6. The maximum Gasteiger partial charge on any atom is 0.251 e. The van der Waals surface area contributed by atoms with Crippen LogP contribution in [0.3, 0.4) is 0 Å². The second kappa shape index (κ2) is 5.98. The zero-order valence-corrected chi connectivity index (χ0v) is 9.59. The Bertz CT molecular complexity index is 181. The lowest BCUT2D eigenvalue weighted by atomic mass is 10.1. The van der Waals surface area contributed by atoms with Gasteiger partial charge in [-0.3, -0.25) is 4.79 Å². The van der Waals surface area contributed by atoms with E-state index in [1.54, 1.807) is 13.8 Å². The number of methoxy groups -OCH3 is 1. The van der Waals surface area contributed by atoms with Crippen molar-refractivity contribution in [3.05, 3.63) is 0 Å². The van der Waals surface area contributed by atoms with Crippen molar-refractivity contribution in [2.45, 2.75) is 45.3 Å². The van der Waals surface area contributed by atoms with Crippen molar-refractivity contribution in [1.29, 1.82) is 0 Å². The number of hydrogen-bond acceptors (Lipinski definition) is 3. The fourth-order valence-electron chi connectivity index (χ4n) is 1.05. The SMILES string of the molecule is CCCC(CN)NC(=O)C(C)(C)OC. The first-order chi connectivity index (χ1) is 6.47. The number of nitrogens with two attached hydrogens (primary N) is 1. The molecule has 0 aliphatic rings. The molecule has 4 heteroatoms. The van der Waals surface area contributed by atoms with Gasteiger partial charge in [0, 0.05) is 19.7 Å². The Labute approximate surface area is 86.2 Å². The van der Waals surface area contributed by atoms with E-state index in [-0.39, 0.29) is 11.9 Å². The minimum Gasteiger partial charge on any atom is -0.369 e. The Morgan fingerprint density at radius 2 is 2.14 bits per heavy atom. The summed E-state index contributed by atoms with van der Waals surface area (Å²) in [7, 11) is 1.52. The molecule has 14 heavy (non-hydrogen) atoms. The molecule has 84 valence electrons. The summed E-state index contributed by atoms with van der Waals surface area (Å²) in [6.45, 7) is 6.01. The lowest BCUT2D eigenvalue weighted by Gasteiger charge is -2.25. The Kier molecular flexibility index (Phi) is 5.72. The number of hydrogen-bond donors (Lipinski definition) is 2. The van der Waals surface area contributed by atoms with Gasteiger partial charge < -0.3 is 15.8 Å². The monoisotopic (exact) mass is 202 g/mol. The van der Waals surface area contributed by atoms with Crippen molar-refractivity contribution >= 4 is 5.91 Å². The van der Waals surface area contributed by atoms with Crippen LogP contribution in [-0.4, -0.2) is 31.2 Å². The van der Waals surface area contributed by atoms with Crippen LogP contribution < -0.4 is 11.1 Å². The van der Waals surface area contributed by atoms with Gasteiger partial charge >= 0.3 is 0 Å². The summed E-state index contributed by atoms with van der Waals surface area (Å²) in [5.74, 6) is -0.107. The summed E-state index contributed by atoms with van der Waals surface area (Å²) < 4.78 is 5.07. The Hall–Kier alpha value is -0.610. The van der Waals surface area contributed by atoms with Gasteiger partial charge in [-0.1, -0.05) is 13.3 Å². The average molecular weight is 202 g/mol. The van der Waals surface area contributed by atoms with E-state index in [1.165, 1.54) is 7.11 Å². The quantitative estimate of drug-likeness (QED) is 0.665. The van der Waals surface area contributed by atoms with Crippen LogP contribution in [0.4, 0.5) is 0 Å². The van der Waals surface area contributed by atoms with E-state index in [0.29, 0.717) is 6.54 Å². The fourth-order valence-corrected chi connectivity index (χ4v) is 1.05. The molecule has 0 aromatic rings. The number of nitrogens with one attached hydrogen (secondary N) is 1. The molecule has 0 aliphatic heterocycles. The average Bonchev–Trinajstić information content (AvgIpc) is 2.16. The number of carbonyl (C=O) groups is 1. The van der Waals surface area contributed by atoms with Crippen LogP contribution in [-0.2, 0) is 9.53 Å². The molecule has 1 atom stereocenters. The summed E-state index contributed by atoms with van der Waals surface area (Å²) in [5.41, 5.74) is 4.76. The van der Waals surface area contributed by atoms with E-state index in [1.807, 2.05) is 0 Å². The van der Waals surface area contributed by atoms with Crippen LogP contribution in [0.15, 0.2) is 0 Å². The third kappa shape index (κ3) is 4.07. The van der Waals surface area contributed by atoms with Crippen molar-refractivity contribution in [1.82, 2.24) is 5.32 Å². The first-order valence-electron chi connectivity index (χ1n) is 5.04. The third-order valence-corrected chi connectivity index (χ3v) is 2.31. The summed E-state index contributed by atoms with van der Waals surface area (Å²) >= 11 is 0. The first kappa shape index (κ1) is 13.4. The Balaban J connectivity index is 4.15. The molecule has 0 heterocycles. The summed E-state index contributed by atoms with van der Waals surface area (Å²) in [5, 5.41) is 2.87. The second-order valence-corrected chi connectivity index (χ2v) is 3.91. The molecule has 0 saturated heterocycles. The smallest absolute Gasteiger partial charge is 0.251 e. The normalized spacial score (nSPS) is 13.8. The van der Waals surface area contributed by atoms with Gasteiger partial charge in [0.2, 0.25) is 0 Å². The molecule has 1 unspecified atom stereocenters. The standard InChI is InChI=1S/C10H22N2O2/c1-5-6-8(7-11)12-9(13)10(2,3)14-4/h8H,5-7,11H2,1-4H3,(H,12,13). The lowest BCUT2D eigenvalue weighted by molar-refractivity contribution is -0.140. The molecule has 3 N–H and O–H groups in total. The summed E-state index contributed by atoms with van der Waals surface area (Å²) in [4.78, 5) is 11.6. The van der Waals surface area contributed by atoms with Crippen molar-refractivity contribution in [2.75, 3.05) is 13.7 Å². The predicted octanol–water partition coefficient (Wildman–Crippen LogP) is 0.655. The molecule has 4 nitrogen and oxygen atoms in total. The minimum absolute atomic E-state index is 0.0573. The van der Waals surface area contributed by atoms with E-state index in [2.05, 4.69) is 12.2 Å². The molecule has 0 bridgehead atoms. The van der Waals surface area contributed by atoms with Crippen LogP contribution in [0, 0.1) is 0 Å². The van der Waals surface area contributed by atoms with Gasteiger partial charge in [-0.05, 0) is 20.3 Å². The van der Waals surface area contributed by atoms with Gasteiger partial charge in [0.25, 0.3) is 5.91 Å². The highest BCUT2D eigenvalue weighted by Crippen LogP contribution is 2.08. The Morgan fingerprint density at radius 3 is 2.50 bits per heavy atom. The van der Waals surface area contributed by atoms with Crippen molar-refractivity contribution in [3.8, 4) is 0 Å². The zero-order valence-electron chi connectivity index (χ0n) is 9.59. The van der Waals surface area contributed by atoms with Gasteiger partial charge in [0.15, 0.2) is 0 Å². The highest BCUT2D eigenvalue weighted by atomic mass is 16.5. The number of ether oxygens (including phenoxy) is 1. The zero-order chi connectivity index (χ0) is 11.2. The van der Waals surface area contributed by atoms with Gasteiger partial charge in [-0.15, -0.1) is 0 Å². The molecule has 0 aromatic carbocycles. The van der Waals surface area contributed by atoms with E-state index in [0.717, 1.165) is 12.8 Å². The van der Waals surface area contributed by atoms with E-state index in [9.17, 15) is 4.79 Å². The van der Waals surface area contributed by atoms with Crippen LogP contribution >= 0.6 is 0 Å². The van der Waals surface area contributed by atoms with Crippen LogP contribution in [0.25, 0.3) is 0 Å². The third-order valence-electron chi connectivity index (χ3n) is 2.31. The van der Waals surface area contributed by atoms with Gasteiger partial charge in [0.05, 0.1) is 0 Å². The van der Waals surface area contributed by atoms with Crippen molar-refractivity contribution in [2.24, 2.45) is 5.73 Å². The van der Waals surface area contributed by atoms with E-state index in [4.69, 9.17) is 10.5 Å². The number of carbonyl (C=O) groups excluding carboxylic acids is 1. The highest BCUT2D eigenvalue weighted by molar-refractivity contribution is 5.84. The Morgan fingerprint density at radius 1 is 1.57 bits per heavy atom. The molecule has 0 rings (SSSR count). The van der Waals surface area contributed by atoms with Gasteiger partial charge in [0.1, 0.15) is 5.60 Å². The lowest BCUT2D eigenvalue weighted by Crippen LogP contribution is -2.50. The van der Waals surface area contributed by atoms with E-state index >= 15 is 0 Å². The van der Waals surface area contributed by atoms with Crippen LogP contribution in [0.5, 0.6) is 0 Å². The maximum absolute atomic E-state index is 11.6. The molecule has 1 amide bonds. The van der Waals surface area contributed by atoms with Gasteiger partial charge in [-0.2, -0.15) is 0 Å². The highest BCUT2D eigenvalue weighted by Gasteiger charge is 2.28. The van der Waals surface area contributed by atoms with Crippen LogP contribution in [0.2, 0.25) is 0 Å². The van der Waals surface area contributed by atoms with E-state index < -0.39 is 5.60 Å². The molecule has 0 aromatic heterocycles. The van der Waals surface area contributed by atoms with Crippen LogP contribution in [0.1, 0.15) is 33.6 Å². The molecular weight excluding hydrogens is 180 g/mol. The molecule has 0 spiro atoms. The molecular formula is C10H22N2O2. The molecule has 0 fully saturated rings. The van der Waals surface area contributed by atoms with Crippen molar-refractivity contribution in [3.63, 3.8) is 0 Å². The minimum atomic E-state index is -0.777. The number of rotatable bonds is 6. The summed E-state index contributed by atoms with van der Waals surface area (Å²) in [6.07, 6.45) is 1.91. The number of amides is 1. The first-order valence-corrected chi connectivity index (χ1v) is 5.04. The molecule has 0 aliphatic carbocycles. The fraction of sp³-hybridized carbons (Fsp3) is 0.900. The van der Waals surface area contributed by atoms with Crippen molar-refractivity contribution < 1.29 is 9.53 Å². The van der Waals surface area contributed by atoms with Gasteiger partial charge in [-0.25, -0.2) is 0 Å². The predicted molar refractivity (Wildman–Crippen MR) is 57.0 cm³/mol. The molecule has 0 saturated carbocycles. The summed E-state index contributed by atoms with van der Waals surface area (Å²) in [6, 6.07) is 0.0573. The second-order valence-electron chi connectivity index (χ2n) is 3.91. The largest absolute Gasteiger partial charge is 0.369 e.